The van der Waals surface area contributed by atoms with Gasteiger partial charge in [0.25, 0.3) is 0 Å². The molecular weight excluding hydrogens is 297 g/mol. The van der Waals surface area contributed by atoms with Gasteiger partial charge in [-0.3, -0.25) is 0 Å². The van der Waals surface area contributed by atoms with E-state index in [1.165, 1.54) is 12.1 Å². The summed E-state index contributed by atoms with van der Waals surface area (Å²) in [5, 5.41) is 0. The quantitative estimate of drug-likeness (QED) is 0.612. The highest BCUT2D eigenvalue weighted by Gasteiger charge is 2.53. The highest BCUT2D eigenvalue weighted by atomic mass is 19.4. The maximum absolute atomic E-state index is 12.6. The van der Waals surface area contributed by atoms with Crippen LogP contribution in [0, 0.1) is 5.41 Å². The summed E-state index contributed by atoms with van der Waals surface area (Å²) >= 11 is 0. The number of hydrogen-bond acceptors (Lipinski definition) is 3. The van der Waals surface area contributed by atoms with Crippen LogP contribution in [0.4, 0.5) is 13.2 Å². The van der Waals surface area contributed by atoms with Crippen molar-refractivity contribution in [3.05, 3.63) is 48.0 Å². The van der Waals surface area contributed by atoms with E-state index in [1.54, 1.807) is 39.0 Å². The van der Waals surface area contributed by atoms with E-state index in [0.29, 0.717) is 5.56 Å². The van der Waals surface area contributed by atoms with E-state index < -0.39 is 29.5 Å². The molecule has 1 aliphatic rings. The first-order chi connectivity index (χ1) is 10.0. The molecule has 1 heterocycles. The third-order valence-corrected chi connectivity index (χ3v) is 3.23. The summed E-state index contributed by atoms with van der Waals surface area (Å²) in [4.78, 5) is 12.3. The van der Waals surface area contributed by atoms with Gasteiger partial charge in [-0.05, 0) is 11.6 Å². The Balaban J connectivity index is 2.49. The third kappa shape index (κ3) is 3.32. The van der Waals surface area contributed by atoms with E-state index in [4.69, 9.17) is 9.47 Å². The zero-order chi connectivity index (χ0) is 16.6. The summed E-state index contributed by atoms with van der Waals surface area (Å²) in [7, 11) is 0. The molecule has 0 radical (unpaired) electrons. The van der Waals surface area contributed by atoms with E-state index in [-0.39, 0.29) is 6.08 Å². The first-order valence-electron chi connectivity index (χ1n) is 6.76. The van der Waals surface area contributed by atoms with E-state index in [9.17, 15) is 18.0 Å². The Morgan fingerprint density at radius 1 is 1.14 bits per heavy atom. The largest absolute Gasteiger partial charge is 0.432 e. The van der Waals surface area contributed by atoms with Gasteiger partial charge in [-0.2, -0.15) is 13.2 Å². The number of rotatable bonds is 2. The molecule has 1 aliphatic heterocycles. The Bertz CT molecular complexity index is 573. The first-order valence-corrected chi connectivity index (χ1v) is 6.76. The Morgan fingerprint density at radius 2 is 1.73 bits per heavy atom. The van der Waals surface area contributed by atoms with Gasteiger partial charge < -0.3 is 9.47 Å². The maximum atomic E-state index is 12.6. The van der Waals surface area contributed by atoms with Gasteiger partial charge in [0.05, 0.1) is 0 Å². The van der Waals surface area contributed by atoms with Gasteiger partial charge in [-0.1, -0.05) is 51.1 Å². The monoisotopic (exact) mass is 314 g/mol. The molecule has 120 valence electrons. The first kappa shape index (κ1) is 16.5. The second kappa shape index (κ2) is 5.43. The van der Waals surface area contributed by atoms with Crippen molar-refractivity contribution >= 4 is 5.97 Å². The predicted molar refractivity (Wildman–Crippen MR) is 73.7 cm³/mol. The predicted octanol–water partition coefficient (Wildman–Crippen LogP) is 3.95. The number of carbonyl (C=O) groups excluding carboxylic acids is 1. The standard InChI is InChI=1S/C16H17F3O3/c1-14(2,3)13-21-12(20)15(22-13,9-10-16(17,18)19)11-7-5-4-6-8-11/h4-10,13H,1-3H3/b10-9+/t13-,15+/m1/s1. The van der Waals surface area contributed by atoms with Crippen LogP contribution in [0.25, 0.3) is 0 Å². The Labute approximate surface area is 126 Å². The molecule has 1 fully saturated rings. The lowest BCUT2D eigenvalue weighted by Crippen LogP contribution is -2.33. The third-order valence-electron chi connectivity index (χ3n) is 3.23. The van der Waals surface area contributed by atoms with Crippen molar-refractivity contribution < 1.29 is 27.4 Å². The van der Waals surface area contributed by atoms with Crippen molar-refractivity contribution in [2.24, 2.45) is 5.41 Å². The number of esters is 1. The van der Waals surface area contributed by atoms with Crippen LogP contribution in [-0.4, -0.2) is 18.4 Å². The summed E-state index contributed by atoms with van der Waals surface area (Å²) in [6.07, 6.45) is -4.76. The molecule has 1 aromatic rings. The van der Waals surface area contributed by atoms with Crippen molar-refractivity contribution in [2.45, 2.75) is 38.8 Å². The van der Waals surface area contributed by atoms with Gasteiger partial charge in [0.15, 0.2) is 0 Å². The number of halogens is 3. The average molecular weight is 314 g/mol. The molecule has 1 aromatic carbocycles. The lowest BCUT2D eigenvalue weighted by atomic mass is 9.92. The molecular formula is C16H17F3O3. The average Bonchev–Trinajstić information content (AvgIpc) is 2.75. The van der Waals surface area contributed by atoms with E-state index in [0.717, 1.165) is 6.08 Å². The number of allylic oxidation sites excluding steroid dienone is 1. The van der Waals surface area contributed by atoms with Crippen molar-refractivity contribution in [3.8, 4) is 0 Å². The fourth-order valence-electron chi connectivity index (χ4n) is 2.07. The molecule has 0 amide bonds. The topological polar surface area (TPSA) is 35.5 Å². The van der Waals surface area contributed by atoms with Gasteiger partial charge in [0.1, 0.15) is 0 Å². The van der Waals surface area contributed by atoms with Gasteiger partial charge in [0, 0.05) is 11.5 Å². The fourth-order valence-corrected chi connectivity index (χ4v) is 2.07. The van der Waals surface area contributed by atoms with Gasteiger partial charge in [-0.25, -0.2) is 4.79 Å². The van der Waals surface area contributed by atoms with Crippen molar-refractivity contribution in [2.75, 3.05) is 0 Å². The Hall–Kier alpha value is -1.82. The molecule has 3 nitrogen and oxygen atoms in total. The SMILES string of the molecule is CC(C)(C)[C@@H]1OC(=O)[C@](/C=C/C(F)(F)F)(c2ccccc2)O1. The number of alkyl halides is 3. The summed E-state index contributed by atoms with van der Waals surface area (Å²) < 4.78 is 48.5. The Kier molecular flexibility index (Phi) is 4.08. The molecule has 0 aromatic heterocycles. The van der Waals surface area contributed by atoms with Gasteiger partial charge in [-0.15, -0.1) is 0 Å². The fraction of sp³-hybridized carbons (Fsp3) is 0.438. The van der Waals surface area contributed by atoms with Crippen LogP contribution in [0.1, 0.15) is 26.3 Å². The summed E-state index contributed by atoms with van der Waals surface area (Å²) in [6.45, 7) is 5.33. The lowest BCUT2D eigenvalue weighted by molar-refractivity contribution is -0.155. The van der Waals surface area contributed by atoms with Crippen LogP contribution in [-0.2, 0) is 19.9 Å². The van der Waals surface area contributed by atoms with Crippen LogP contribution in [0.2, 0.25) is 0 Å². The van der Waals surface area contributed by atoms with Crippen molar-refractivity contribution in [1.29, 1.82) is 0 Å². The molecule has 0 spiro atoms. The zero-order valence-corrected chi connectivity index (χ0v) is 12.5. The minimum absolute atomic E-state index is 0.00625. The number of cyclic esters (lactones) is 1. The maximum Gasteiger partial charge on any atom is 0.409 e. The molecule has 6 heteroatoms. The van der Waals surface area contributed by atoms with Crippen LogP contribution in [0.15, 0.2) is 42.5 Å². The van der Waals surface area contributed by atoms with E-state index >= 15 is 0 Å². The van der Waals surface area contributed by atoms with Crippen LogP contribution in [0.3, 0.4) is 0 Å². The number of benzene rings is 1. The minimum Gasteiger partial charge on any atom is -0.432 e. The lowest BCUT2D eigenvalue weighted by Gasteiger charge is -2.27. The molecule has 2 atom stereocenters. The molecule has 0 aliphatic carbocycles. The highest BCUT2D eigenvalue weighted by Crippen LogP contribution is 2.42. The molecule has 1 saturated heterocycles. The molecule has 0 unspecified atom stereocenters. The smallest absolute Gasteiger partial charge is 0.409 e. The molecule has 0 saturated carbocycles. The number of ether oxygens (including phenoxy) is 2. The highest BCUT2D eigenvalue weighted by molar-refractivity contribution is 5.85. The minimum atomic E-state index is -4.55. The molecule has 0 bridgehead atoms. The summed E-state index contributed by atoms with van der Waals surface area (Å²) in [5.41, 5.74) is -2.14. The van der Waals surface area contributed by atoms with Crippen LogP contribution < -0.4 is 0 Å². The van der Waals surface area contributed by atoms with E-state index in [1.807, 2.05) is 0 Å². The molecule has 0 N–H and O–H groups in total. The zero-order valence-electron chi connectivity index (χ0n) is 12.5. The Morgan fingerprint density at radius 3 is 2.18 bits per heavy atom. The second-order valence-corrected chi connectivity index (χ2v) is 6.20. The van der Waals surface area contributed by atoms with Crippen LogP contribution in [0.5, 0.6) is 0 Å². The normalized spacial score (nSPS) is 26.5. The van der Waals surface area contributed by atoms with Crippen molar-refractivity contribution in [3.63, 3.8) is 0 Å². The molecule has 2 rings (SSSR count). The second-order valence-electron chi connectivity index (χ2n) is 6.20. The number of hydrogen-bond donors (Lipinski definition) is 0. The summed E-state index contributed by atoms with van der Waals surface area (Å²) in [6, 6.07) is 8.02. The van der Waals surface area contributed by atoms with Gasteiger partial charge in [0.2, 0.25) is 11.9 Å². The molecule has 22 heavy (non-hydrogen) atoms. The van der Waals surface area contributed by atoms with Crippen molar-refractivity contribution in [1.82, 2.24) is 0 Å². The number of carbonyl (C=O) groups is 1. The van der Waals surface area contributed by atoms with Gasteiger partial charge >= 0.3 is 12.1 Å². The van der Waals surface area contributed by atoms with E-state index in [2.05, 4.69) is 0 Å². The van der Waals surface area contributed by atoms with Crippen LogP contribution >= 0.6 is 0 Å². The summed E-state index contributed by atoms with van der Waals surface area (Å²) in [5.74, 6) is -0.848.